The second-order valence-electron chi connectivity index (χ2n) is 3.41. The van der Waals surface area contributed by atoms with Gasteiger partial charge in [0.1, 0.15) is 16.6 Å². The second-order valence-corrected chi connectivity index (χ2v) is 5.01. The van der Waals surface area contributed by atoms with E-state index in [-0.39, 0.29) is 18.4 Å². The van der Waals surface area contributed by atoms with Gasteiger partial charge >= 0.3 is 0 Å². The fraction of sp³-hybridized carbons (Fsp3) is 0.333. The molecular formula is C9H9N3O3S2. The van der Waals surface area contributed by atoms with E-state index in [1.54, 1.807) is 13.0 Å². The smallest absolute Gasteiger partial charge is 0.245 e. The third-order valence-corrected chi connectivity index (χ3v) is 3.47. The molecule has 1 aliphatic heterocycles. The zero-order valence-electron chi connectivity index (χ0n) is 8.93. The quantitative estimate of drug-likeness (QED) is 0.819. The maximum absolute atomic E-state index is 11.6. The van der Waals surface area contributed by atoms with Crippen LogP contribution in [-0.2, 0) is 9.59 Å². The summed E-state index contributed by atoms with van der Waals surface area (Å²) in [5, 5.41) is 6.14. The topological polar surface area (TPSA) is 75.4 Å². The normalized spacial score (nSPS) is 15.5. The summed E-state index contributed by atoms with van der Waals surface area (Å²) in [6, 6.07) is 1.59. The van der Waals surface area contributed by atoms with Crippen molar-refractivity contribution in [3.8, 4) is 0 Å². The summed E-state index contributed by atoms with van der Waals surface area (Å²) in [6.07, 6.45) is 0. The van der Waals surface area contributed by atoms with E-state index in [4.69, 9.17) is 16.7 Å². The molecule has 0 radical (unpaired) electrons. The molecule has 2 amide bonds. The van der Waals surface area contributed by atoms with Gasteiger partial charge in [-0.25, -0.2) is 0 Å². The van der Waals surface area contributed by atoms with E-state index >= 15 is 0 Å². The van der Waals surface area contributed by atoms with Crippen molar-refractivity contribution in [3.63, 3.8) is 0 Å². The number of aromatic nitrogens is 1. The molecule has 0 aliphatic carbocycles. The molecule has 1 aromatic rings. The molecule has 1 saturated heterocycles. The van der Waals surface area contributed by atoms with Gasteiger partial charge in [0, 0.05) is 6.07 Å². The van der Waals surface area contributed by atoms with E-state index in [9.17, 15) is 9.59 Å². The lowest BCUT2D eigenvalue weighted by Crippen LogP contribution is -2.36. The van der Waals surface area contributed by atoms with Gasteiger partial charge in [0.2, 0.25) is 11.8 Å². The Morgan fingerprint density at radius 1 is 1.76 bits per heavy atom. The summed E-state index contributed by atoms with van der Waals surface area (Å²) < 4.78 is 5.23. The Bertz CT molecular complexity index is 470. The van der Waals surface area contributed by atoms with Crippen molar-refractivity contribution in [1.29, 1.82) is 0 Å². The number of thiocarbonyl (C=S) groups is 1. The predicted octanol–water partition coefficient (Wildman–Crippen LogP) is 0.782. The zero-order valence-corrected chi connectivity index (χ0v) is 10.6. The molecule has 2 heterocycles. The van der Waals surface area contributed by atoms with Gasteiger partial charge in [0.25, 0.3) is 0 Å². The Morgan fingerprint density at radius 3 is 3.06 bits per heavy atom. The van der Waals surface area contributed by atoms with Crippen LogP contribution in [0.5, 0.6) is 0 Å². The number of rotatable bonds is 3. The van der Waals surface area contributed by atoms with Gasteiger partial charge in [-0.2, -0.15) is 0 Å². The number of amides is 2. The van der Waals surface area contributed by atoms with Crippen LogP contribution < -0.4 is 5.32 Å². The highest BCUT2D eigenvalue weighted by atomic mass is 32.2. The fourth-order valence-electron chi connectivity index (χ4n) is 1.29. The molecule has 0 saturated carbocycles. The van der Waals surface area contributed by atoms with Crippen LogP contribution in [0.3, 0.4) is 0 Å². The van der Waals surface area contributed by atoms with E-state index in [1.165, 1.54) is 16.7 Å². The number of hydrogen-bond donors (Lipinski definition) is 1. The minimum atomic E-state index is -0.350. The number of anilines is 1. The molecule has 0 spiro atoms. The minimum absolute atomic E-state index is 0.0867. The Labute approximate surface area is 107 Å². The number of carbonyl (C=O) groups excluding carboxylic acids is 2. The molecule has 90 valence electrons. The predicted molar refractivity (Wildman–Crippen MR) is 66.6 cm³/mol. The molecule has 6 nitrogen and oxygen atoms in total. The van der Waals surface area contributed by atoms with Gasteiger partial charge in [-0.15, -0.1) is 0 Å². The van der Waals surface area contributed by atoms with Gasteiger partial charge in [0.05, 0.1) is 5.75 Å². The van der Waals surface area contributed by atoms with E-state index in [0.29, 0.717) is 21.7 Å². The Hall–Kier alpha value is -1.41. The summed E-state index contributed by atoms with van der Waals surface area (Å²) in [5.41, 5.74) is 0. The lowest BCUT2D eigenvalue weighted by atomic mass is 10.4. The summed E-state index contributed by atoms with van der Waals surface area (Å²) in [4.78, 5) is 24.3. The van der Waals surface area contributed by atoms with Crippen LogP contribution in [0.2, 0.25) is 0 Å². The number of nitrogens with one attached hydrogen (secondary N) is 1. The van der Waals surface area contributed by atoms with Gasteiger partial charge in [-0.3, -0.25) is 14.5 Å². The first-order chi connectivity index (χ1) is 8.06. The Balaban J connectivity index is 1.93. The lowest BCUT2D eigenvalue weighted by molar-refractivity contribution is -0.128. The SMILES string of the molecule is Cc1cc(NC(=O)CN2C(=O)CSC2=S)no1. The molecule has 2 rings (SSSR count). The maximum Gasteiger partial charge on any atom is 0.245 e. The zero-order chi connectivity index (χ0) is 12.4. The average molecular weight is 271 g/mol. The standard InChI is InChI=1S/C9H9N3O3S2/c1-5-2-6(11-15-5)10-7(13)3-12-8(14)4-17-9(12)16/h2H,3-4H2,1H3,(H,10,11,13). The van der Waals surface area contributed by atoms with Crippen LogP contribution in [0.4, 0.5) is 5.82 Å². The first-order valence-corrected chi connectivity index (χ1v) is 6.16. The maximum atomic E-state index is 11.6. The molecule has 0 aromatic carbocycles. The third-order valence-electron chi connectivity index (χ3n) is 2.04. The highest BCUT2D eigenvalue weighted by molar-refractivity contribution is 8.23. The highest BCUT2D eigenvalue weighted by Gasteiger charge is 2.28. The van der Waals surface area contributed by atoms with Gasteiger partial charge < -0.3 is 9.84 Å². The number of aryl methyl sites for hydroxylation is 1. The van der Waals surface area contributed by atoms with Crippen molar-refractivity contribution >= 4 is 45.9 Å². The van der Waals surface area contributed by atoms with Crippen molar-refractivity contribution in [2.24, 2.45) is 0 Å². The van der Waals surface area contributed by atoms with Crippen molar-refractivity contribution in [1.82, 2.24) is 10.1 Å². The van der Waals surface area contributed by atoms with Crippen molar-refractivity contribution in [2.75, 3.05) is 17.6 Å². The van der Waals surface area contributed by atoms with Crippen molar-refractivity contribution in [3.05, 3.63) is 11.8 Å². The number of hydrogen-bond acceptors (Lipinski definition) is 6. The van der Waals surface area contributed by atoms with Gasteiger partial charge in [-0.1, -0.05) is 29.1 Å². The molecule has 0 unspecified atom stereocenters. The van der Waals surface area contributed by atoms with E-state index in [2.05, 4.69) is 10.5 Å². The lowest BCUT2D eigenvalue weighted by Gasteiger charge is -2.13. The number of thioether (sulfide) groups is 1. The molecule has 1 aromatic heterocycles. The number of nitrogens with zero attached hydrogens (tertiary/aromatic N) is 2. The summed E-state index contributed by atoms with van der Waals surface area (Å²) >= 11 is 6.22. The Kier molecular flexibility index (Phi) is 3.43. The Morgan fingerprint density at radius 2 is 2.53 bits per heavy atom. The average Bonchev–Trinajstić information content (AvgIpc) is 2.79. The van der Waals surface area contributed by atoms with E-state index in [1.807, 2.05) is 0 Å². The fourth-order valence-corrected chi connectivity index (χ4v) is 2.35. The monoisotopic (exact) mass is 271 g/mol. The second kappa shape index (κ2) is 4.84. The molecule has 1 N–H and O–H groups in total. The van der Waals surface area contributed by atoms with Crippen LogP contribution >= 0.6 is 24.0 Å². The van der Waals surface area contributed by atoms with Crippen LogP contribution in [0.1, 0.15) is 5.76 Å². The highest BCUT2D eigenvalue weighted by Crippen LogP contribution is 2.18. The van der Waals surface area contributed by atoms with Crippen LogP contribution in [-0.4, -0.2) is 38.5 Å². The summed E-state index contributed by atoms with van der Waals surface area (Å²) in [6.45, 7) is 1.63. The first-order valence-electron chi connectivity index (χ1n) is 4.76. The van der Waals surface area contributed by atoms with E-state index in [0.717, 1.165) is 0 Å². The minimum Gasteiger partial charge on any atom is -0.360 e. The summed E-state index contributed by atoms with van der Waals surface area (Å²) in [5.74, 6) is 0.735. The van der Waals surface area contributed by atoms with Crippen LogP contribution in [0.25, 0.3) is 0 Å². The summed E-state index contributed by atoms with van der Waals surface area (Å²) in [7, 11) is 0. The first kappa shape index (κ1) is 12.1. The van der Waals surface area contributed by atoms with E-state index < -0.39 is 0 Å². The largest absolute Gasteiger partial charge is 0.360 e. The van der Waals surface area contributed by atoms with Crippen LogP contribution in [0, 0.1) is 6.92 Å². The molecule has 8 heteroatoms. The van der Waals surface area contributed by atoms with Gasteiger partial charge in [0.15, 0.2) is 5.82 Å². The molecule has 0 bridgehead atoms. The molecule has 1 aliphatic rings. The van der Waals surface area contributed by atoms with Crippen molar-refractivity contribution in [2.45, 2.75) is 6.92 Å². The molecule has 0 atom stereocenters. The number of carbonyl (C=O) groups is 2. The van der Waals surface area contributed by atoms with Gasteiger partial charge in [-0.05, 0) is 6.92 Å². The molecule has 1 fully saturated rings. The van der Waals surface area contributed by atoms with Crippen LogP contribution in [0.15, 0.2) is 10.6 Å². The third kappa shape index (κ3) is 2.83. The molecule has 17 heavy (non-hydrogen) atoms. The van der Waals surface area contributed by atoms with Crippen molar-refractivity contribution < 1.29 is 14.1 Å². The molecular weight excluding hydrogens is 262 g/mol.